The van der Waals surface area contributed by atoms with Gasteiger partial charge in [-0.05, 0) is 64.2 Å². The highest BCUT2D eigenvalue weighted by Gasteiger charge is 2.32. The van der Waals surface area contributed by atoms with E-state index in [1.165, 1.54) is 6.33 Å². The Morgan fingerprint density at radius 3 is 2.56 bits per heavy atom. The normalized spacial score (nSPS) is 20.5. The van der Waals surface area contributed by atoms with Crippen molar-refractivity contribution in [1.29, 1.82) is 0 Å². The highest BCUT2D eigenvalue weighted by atomic mass is 19.1. The first-order valence-electron chi connectivity index (χ1n) is 12.6. The summed E-state index contributed by atoms with van der Waals surface area (Å²) < 4.78 is 32.5. The number of carbonyl (C=O) groups excluding carboxylic acids is 1. The van der Waals surface area contributed by atoms with E-state index in [9.17, 15) is 4.79 Å². The van der Waals surface area contributed by atoms with Crippen molar-refractivity contribution in [2.24, 2.45) is 0 Å². The van der Waals surface area contributed by atoms with Crippen molar-refractivity contribution in [3.05, 3.63) is 35.4 Å². The molecule has 9 nitrogen and oxygen atoms in total. The third-order valence-corrected chi connectivity index (χ3v) is 6.81. The summed E-state index contributed by atoms with van der Waals surface area (Å²) in [6, 6.07) is 3.51. The van der Waals surface area contributed by atoms with Gasteiger partial charge in [-0.15, -0.1) is 0 Å². The van der Waals surface area contributed by atoms with Crippen LogP contribution in [0.15, 0.2) is 18.5 Å². The van der Waals surface area contributed by atoms with E-state index < -0.39 is 17.5 Å². The molecule has 36 heavy (non-hydrogen) atoms. The lowest BCUT2D eigenvalue weighted by atomic mass is 9.89. The number of morpholine rings is 1. The van der Waals surface area contributed by atoms with Crippen LogP contribution in [0.25, 0.3) is 0 Å². The molecule has 1 N–H and O–H groups in total. The summed E-state index contributed by atoms with van der Waals surface area (Å²) in [7, 11) is 0. The lowest BCUT2D eigenvalue weighted by molar-refractivity contribution is 0.0204. The van der Waals surface area contributed by atoms with Crippen LogP contribution in [-0.4, -0.2) is 66.0 Å². The number of nitrogens with one attached hydrogen (secondary N) is 1. The number of benzene rings is 1. The molecule has 4 heterocycles. The monoisotopic (exact) mass is 499 g/mol. The maximum atomic E-state index is 15.4. The molecule has 0 aliphatic carbocycles. The van der Waals surface area contributed by atoms with Gasteiger partial charge in [0.2, 0.25) is 0 Å². The Morgan fingerprint density at radius 2 is 1.86 bits per heavy atom. The van der Waals surface area contributed by atoms with Crippen molar-refractivity contribution in [3.63, 3.8) is 0 Å². The van der Waals surface area contributed by atoms with E-state index in [-0.39, 0.29) is 17.8 Å². The standard InChI is InChI=1S/C26H34FN5O4/c1-16-21-23(28-15-29-24(21)31-9-11-34-12-10-31)30-20-14-18(13-19(27)22(20)35-16)17-5-7-32(8-6-17)25(33)36-26(2,3)4/h13-17H,5-12H2,1-4H3,(H,28,29,30). The average molecular weight is 500 g/mol. The minimum absolute atomic E-state index is 0.125. The van der Waals surface area contributed by atoms with Crippen LogP contribution >= 0.6 is 0 Å². The number of halogens is 1. The summed E-state index contributed by atoms with van der Waals surface area (Å²) >= 11 is 0. The molecule has 1 aromatic carbocycles. The number of ether oxygens (including phenoxy) is 3. The lowest BCUT2D eigenvalue weighted by Crippen LogP contribution is -2.41. The quantitative estimate of drug-likeness (QED) is 0.633. The van der Waals surface area contributed by atoms with Gasteiger partial charge >= 0.3 is 6.09 Å². The fourth-order valence-corrected chi connectivity index (χ4v) is 5.04. The number of carbonyl (C=O) groups is 1. The van der Waals surface area contributed by atoms with Gasteiger partial charge in [0.1, 0.15) is 29.7 Å². The van der Waals surface area contributed by atoms with Gasteiger partial charge in [-0.2, -0.15) is 0 Å². The lowest BCUT2D eigenvalue weighted by Gasteiger charge is -2.33. The molecule has 2 aromatic rings. The second kappa shape index (κ2) is 9.72. The number of rotatable bonds is 2. The molecule has 3 aliphatic rings. The summed E-state index contributed by atoms with van der Waals surface area (Å²) in [4.78, 5) is 25.3. The Labute approximate surface area is 210 Å². The van der Waals surface area contributed by atoms with Crippen molar-refractivity contribution in [2.45, 2.75) is 58.2 Å². The average Bonchev–Trinajstić information content (AvgIpc) is 3.00. The molecule has 1 aromatic heterocycles. The third kappa shape index (κ3) is 5.04. The predicted octanol–water partition coefficient (Wildman–Crippen LogP) is 4.76. The van der Waals surface area contributed by atoms with E-state index >= 15 is 4.39 Å². The molecule has 0 bridgehead atoms. The maximum absolute atomic E-state index is 15.4. The predicted molar refractivity (Wildman–Crippen MR) is 134 cm³/mol. The Hall–Kier alpha value is -3.14. The van der Waals surface area contributed by atoms with Crippen LogP contribution in [0, 0.1) is 5.82 Å². The zero-order valence-electron chi connectivity index (χ0n) is 21.3. The molecule has 10 heteroatoms. The van der Waals surface area contributed by atoms with Crippen LogP contribution in [0.4, 0.5) is 26.5 Å². The van der Waals surface area contributed by atoms with Crippen LogP contribution in [-0.2, 0) is 9.47 Å². The number of fused-ring (bicyclic) bond motifs is 2. The fourth-order valence-electron chi connectivity index (χ4n) is 5.04. The highest BCUT2D eigenvalue weighted by Crippen LogP contribution is 2.44. The molecule has 1 unspecified atom stereocenters. The van der Waals surface area contributed by atoms with E-state index in [1.54, 1.807) is 11.0 Å². The number of nitrogens with zero attached hydrogens (tertiary/aromatic N) is 4. The zero-order valence-corrected chi connectivity index (χ0v) is 21.3. The van der Waals surface area contributed by atoms with Gasteiger partial charge in [0, 0.05) is 26.2 Å². The van der Waals surface area contributed by atoms with Crippen LogP contribution in [0.1, 0.15) is 63.7 Å². The van der Waals surface area contributed by atoms with E-state index in [1.807, 2.05) is 33.8 Å². The largest absolute Gasteiger partial charge is 0.480 e. The first-order chi connectivity index (χ1) is 17.2. The molecule has 194 valence electrons. The van der Waals surface area contributed by atoms with Gasteiger partial charge in [0.15, 0.2) is 11.6 Å². The molecule has 0 spiro atoms. The molecule has 1 atom stereocenters. The highest BCUT2D eigenvalue weighted by molar-refractivity contribution is 5.73. The van der Waals surface area contributed by atoms with E-state index in [2.05, 4.69) is 20.2 Å². The number of piperidine rings is 1. The summed E-state index contributed by atoms with van der Waals surface area (Å²) in [5, 5.41) is 3.33. The van der Waals surface area contributed by atoms with E-state index in [4.69, 9.17) is 14.2 Å². The summed E-state index contributed by atoms with van der Waals surface area (Å²) in [6.45, 7) is 11.3. The molecule has 0 saturated carbocycles. The fraction of sp³-hybridized carbons (Fsp3) is 0.577. The number of aromatic nitrogens is 2. The van der Waals surface area contributed by atoms with Gasteiger partial charge in [-0.25, -0.2) is 19.2 Å². The molecular weight excluding hydrogens is 465 g/mol. The number of likely N-dealkylation sites (tertiary alicyclic amines) is 1. The van der Waals surface area contributed by atoms with Crippen molar-refractivity contribution >= 4 is 23.4 Å². The number of anilines is 3. The number of hydrogen-bond acceptors (Lipinski definition) is 8. The van der Waals surface area contributed by atoms with Crippen LogP contribution in [0.3, 0.4) is 0 Å². The zero-order chi connectivity index (χ0) is 25.4. The van der Waals surface area contributed by atoms with Gasteiger partial charge in [0.25, 0.3) is 0 Å². The third-order valence-electron chi connectivity index (χ3n) is 6.81. The van der Waals surface area contributed by atoms with Gasteiger partial charge < -0.3 is 29.3 Å². The molecule has 3 aliphatic heterocycles. The Morgan fingerprint density at radius 1 is 1.14 bits per heavy atom. The van der Waals surface area contributed by atoms with Crippen molar-refractivity contribution in [2.75, 3.05) is 49.6 Å². The van der Waals surface area contributed by atoms with E-state index in [0.29, 0.717) is 37.8 Å². The number of amides is 1. The second-order valence-electron chi connectivity index (χ2n) is 10.6. The molecular formula is C26H34FN5O4. The van der Waals surface area contributed by atoms with Gasteiger partial charge in [0.05, 0.1) is 24.5 Å². The van der Waals surface area contributed by atoms with Crippen molar-refractivity contribution < 1.29 is 23.4 Å². The minimum Gasteiger partial charge on any atom is -0.480 e. The molecule has 2 fully saturated rings. The maximum Gasteiger partial charge on any atom is 0.410 e. The summed E-state index contributed by atoms with van der Waals surface area (Å²) in [5.74, 6) is 1.30. The van der Waals surface area contributed by atoms with Crippen molar-refractivity contribution in [1.82, 2.24) is 14.9 Å². The second-order valence-corrected chi connectivity index (χ2v) is 10.6. The van der Waals surface area contributed by atoms with Crippen molar-refractivity contribution in [3.8, 4) is 5.75 Å². The van der Waals surface area contributed by atoms with Crippen LogP contribution in [0.5, 0.6) is 5.75 Å². The number of hydrogen-bond donors (Lipinski definition) is 1. The Balaban J connectivity index is 1.37. The Bertz CT molecular complexity index is 1120. The smallest absolute Gasteiger partial charge is 0.410 e. The molecule has 2 saturated heterocycles. The van der Waals surface area contributed by atoms with Gasteiger partial charge in [-0.3, -0.25) is 0 Å². The first-order valence-corrected chi connectivity index (χ1v) is 12.6. The Kier molecular flexibility index (Phi) is 6.63. The van der Waals surface area contributed by atoms with Crippen LogP contribution < -0.4 is 15.0 Å². The van der Waals surface area contributed by atoms with Gasteiger partial charge in [-0.1, -0.05) is 0 Å². The topological polar surface area (TPSA) is 89.0 Å². The molecule has 0 radical (unpaired) electrons. The first kappa shape index (κ1) is 24.5. The molecule has 5 rings (SSSR count). The molecule has 1 amide bonds. The van der Waals surface area contributed by atoms with Crippen LogP contribution in [0.2, 0.25) is 0 Å². The summed E-state index contributed by atoms with van der Waals surface area (Å²) in [6.07, 6.45) is 2.25. The van der Waals surface area contributed by atoms with E-state index in [0.717, 1.165) is 42.9 Å². The SMILES string of the molecule is CC1Oc2c(F)cc(C3CCN(C(=O)OC(C)(C)C)CC3)cc2Nc2ncnc(N3CCOCC3)c21. The summed E-state index contributed by atoms with van der Waals surface area (Å²) in [5.41, 5.74) is 1.71. The minimum atomic E-state index is -0.529.